The molecule has 0 radical (unpaired) electrons. The molecule has 0 aliphatic heterocycles. The number of nitrogens with one attached hydrogen (secondary N) is 1. The summed E-state index contributed by atoms with van der Waals surface area (Å²) in [6.45, 7) is 0.717. The Balaban J connectivity index is 1.72. The third-order valence-corrected chi connectivity index (χ3v) is 4.88. The lowest BCUT2D eigenvalue weighted by atomic mass is 9.87. The predicted octanol–water partition coefficient (Wildman–Crippen LogP) is 2.97. The highest BCUT2D eigenvalue weighted by Crippen LogP contribution is 2.34. The van der Waals surface area contributed by atoms with Gasteiger partial charge in [-0.2, -0.15) is 0 Å². The average molecular weight is 275 g/mol. The molecule has 0 spiro atoms. The number of benzene rings is 1. The second-order valence-electron chi connectivity index (χ2n) is 6.32. The van der Waals surface area contributed by atoms with Gasteiger partial charge in [-0.05, 0) is 55.4 Å². The molecular formula is C17H25NO2. The maximum absolute atomic E-state index is 10.5. The van der Waals surface area contributed by atoms with Gasteiger partial charge in [-0.3, -0.25) is 0 Å². The number of aryl methyl sites for hydroxylation is 1. The van der Waals surface area contributed by atoms with Gasteiger partial charge < -0.3 is 15.2 Å². The molecule has 1 atom stereocenters. The molecule has 1 unspecified atom stereocenters. The van der Waals surface area contributed by atoms with Crippen LogP contribution in [0.3, 0.4) is 0 Å². The van der Waals surface area contributed by atoms with Crippen LogP contribution in [0.25, 0.3) is 0 Å². The van der Waals surface area contributed by atoms with Crippen molar-refractivity contribution in [2.75, 3.05) is 13.7 Å². The third-order valence-electron chi connectivity index (χ3n) is 4.88. The minimum atomic E-state index is -0.476. The third kappa shape index (κ3) is 2.84. The Morgan fingerprint density at radius 3 is 2.85 bits per heavy atom. The highest BCUT2D eigenvalue weighted by atomic mass is 16.5. The molecule has 2 aliphatic rings. The van der Waals surface area contributed by atoms with E-state index < -0.39 is 5.60 Å². The van der Waals surface area contributed by atoms with Crippen molar-refractivity contribution in [2.45, 2.75) is 56.6 Å². The Labute approximate surface area is 121 Å². The molecule has 0 saturated heterocycles. The molecule has 1 fully saturated rings. The van der Waals surface area contributed by atoms with E-state index in [1.54, 1.807) is 7.11 Å². The summed E-state index contributed by atoms with van der Waals surface area (Å²) in [5.74, 6) is 0.928. The van der Waals surface area contributed by atoms with Crippen molar-refractivity contribution >= 4 is 0 Å². The minimum Gasteiger partial charge on any atom is -0.497 e. The Kier molecular flexibility index (Phi) is 3.99. The molecule has 3 heteroatoms. The monoisotopic (exact) mass is 275 g/mol. The quantitative estimate of drug-likeness (QED) is 0.887. The Bertz CT molecular complexity index is 466. The summed E-state index contributed by atoms with van der Waals surface area (Å²) in [4.78, 5) is 0. The van der Waals surface area contributed by atoms with Crippen molar-refractivity contribution < 1.29 is 9.84 Å². The molecule has 1 saturated carbocycles. The highest BCUT2D eigenvalue weighted by Gasteiger charge is 2.32. The van der Waals surface area contributed by atoms with Crippen LogP contribution in [-0.2, 0) is 6.42 Å². The van der Waals surface area contributed by atoms with Crippen LogP contribution in [0.4, 0.5) is 0 Å². The molecule has 3 nitrogen and oxygen atoms in total. The van der Waals surface area contributed by atoms with E-state index in [4.69, 9.17) is 4.74 Å². The average Bonchev–Trinajstić information content (AvgIpc) is 2.91. The van der Waals surface area contributed by atoms with Crippen molar-refractivity contribution in [1.29, 1.82) is 0 Å². The van der Waals surface area contributed by atoms with E-state index in [9.17, 15) is 5.11 Å². The van der Waals surface area contributed by atoms with Crippen LogP contribution in [-0.4, -0.2) is 24.4 Å². The number of methoxy groups -OCH3 is 1. The standard InChI is InChI=1S/C17H25NO2/c1-20-14-8-7-13-5-4-6-16(15(13)11-14)18-12-17(19)9-2-3-10-17/h7-8,11,16,18-19H,2-6,9-10,12H2,1H3. The van der Waals surface area contributed by atoms with Gasteiger partial charge in [0.25, 0.3) is 0 Å². The van der Waals surface area contributed by atoms with Crippen LogP contribution in [0.15, 0.2) is 18.2 Å². The molecular weight excluding hydrogens is 250 g/mol. The SMILES string of the molecule is COc1ccc2c(c1)C(NCC1(O)CCCC1)CCC2. The van der Waals surface area contributed by atoms with Gasteiger partial charge in [0.2, 0.25) is 0 Å². The van der Waals surface area contributed by atoms with Crippen LogP contribution in [0, 0.1) is 0 Å². The maximum Gasteiger partial charge on any atom is 0.119 e. The van der Waals surface area contributed by atoms with Gasteiger partial charge in [0, 0.05) is 12.6 Å². The Hall–Kier alpha value is -1.06. The van der Waals surface area contributed by atoms with E-state index in [0.717, 1.165) is 44.3 Å². The fourth-order valence-corrected chi connectivity index (χ4v) is 3.64. The van der Waals surface area contributed by atoms with Gasteiger partial charge in [0.15, 0.2) is 0 Å². The summed E-state index contributed by atoms with van der Waals surface area (Å²) < 4.78 is 5.35. The number of rotatable bonds is 4. The molecule has 20 heavy (non-hydrogen) atoms. The zero-order valence-electron chi connectivity index (χ0n) is 12.3. The van der Waals surface area contributed by atoms with Gasteiger partial charge in [-0.15, -0.1) is 0 Å². The molecule has 2 aliphatic carbocycles. The smallest absolute Gasteiger partial charge is 0.119 e. The summed E-state index contributed by atoms with van der Waals surface area (Å²) in [7, 11) is 1.72. The maximum atomic E-state index is 10.5. The van der Waals surface area contributed by atoms with Gasteiger partial charge in [-0.25, -0.2) is 0 Å². The van der Waals surface area contributed by atoms with Crippen LogP contribution < -0.4 is 10.1 Å². The van der Waals surface area contributed by atoms with Crippen LogP contribution in [0.5, 0.6) is 5.75 Å². The lowest BCUT2D eigenvalue weighted by Gasteiger charge is -2.31. The molecule has 3 rings (SSSR count). The molecule has 0 bridgehead atoms. The van der Waals surface area contributed by atoms with Crippen molar-refractivity contribution in [1.82, 2.24) is 5.32 Å². The van der Waals surface area contributed by atoms with Gasteiger partial charge in [0.05, 0.1) is 12.7 Å². The molecule has 0 heterocycles. The first kappa shape index (κ1) is 13.9. The molecule has 1 aromatic carbocycles. The van der Waals surface area contributed by atoms with E-state index in [1.165, 1.54) is 17.5 Å². The summed E-state index contributed by atoms with van der Waals surface area (Å²) in [5, 5.41) is 14.1. The van der Waals surface area contributed by atoms with Crippen LogP contribution >= 0.6 is 0 Å². The lowest BCUT2D eigenvalue weighted by molar-refractivity contribution is 0.0442. The summed E-state index contributed by atoms with van der Waals surface area (Å²) in [6, 6.07) is 6.75. The topological polar surface area (TPSA) is 41.5 Å². The molecule has 110 valence electrons. The van der Waals surface area contributed by atoms with Gasteiger partial charge >= 0.3 is 0 Å². The van der Waals surface area contributed by atoms with Crippen molar-refractivity contribution in [3.63, 3.8) is 0 Å². The number of ether oxygens (including phenoxy) is 1. The van der Waals surface area contributed by atoms with Gasteiger partial charge in [0.1, 0.15) is 5.75 Å². The highest BCUT2D eigenvalue weighted by molar-refractivity contribution is 5.39. The van der Waals surface area contributed by atoms with Crippen molar-refractivity contribution in [3.8, 4) is 5.75 Å². The first-order valence-electron chi connectivity index (χ1n) is 7.83. The number of hydrogen-bond donors (Lipinski definition) is 2. The molecule has 2 N–H and O–H groups in total. The Morgan fingerprint density at radius 2 is 2.10 bits per heavy atom. The van der Waals surface area contributed by atoms with Crippen molar-refractivity contribution in [2.24, 2.45) is 0 Å². The van der Waals surface area contributed by atoms with E-state index in [-0.39, 0.29) is 0 Å². The molecule has 1 aromatic rings. The van der Waals surface area contributed by atoms with Crippen molar-refractivity contribution in [3.05, 3.63) is 29.3 Å². The van der Waals surface area contributed by atoms with E-state index in [1.807, 2.05) is 6.07 Å². The summed E-state index contributed by atoms with van der Waals surface area (Å²) in [5.41, 5.74) is 2.31. The molecule has 0 amide bonds. The number of aliphatic hydroxyl groups is 1. The fourth-order valence-electron chi connectivity index (χ4n) is 3.64. The zero-order chi connectivity index (χ0) is 14.0. The lowest BCUT2D eigenvalue weighted by Crippen LogP contribution is -2.40. The zero-order valence-corrected chi connectivity index (χ0v) is 12.3. The fraction of sp³-hybridized carbons (Fsp3) is 0.647. The number of fused-ring (bicyclic) bond motifs is 1. The van der Waals surface area contributed by atoms with E-state index >= 15 is 0 Å². The second-order valence-corrected chi connectivity index (χ2v) is 6.32. The van der Waals surface area contributed by atoms with Crippen LogP contribution in [0.2, 0.25) is 0 Å². The minimum absolute atomic E-state index is 0.360. The first-order chi connectivity index (χ1) is 9.70. The van der Waals surface area contributed by atoms with E-state index in [2.05, 4.69) is 17.4 Å². The Morgan fingerprint density at radius 1 is 1.30 bits per heavy atom. The summed E-state index contributed by atoms with van der Waals surface area (Å²) >= 11 is 0. The van der Waals surface area contributed by atoms with E-state index in [0.29, 0.717) is 12.6 Å². The van der Waals surface area contributed by atoms with Crippen LogP contribution in [0.1, 0.15) is 55.7 Å². The second kappa shape index (κ2) is 5.74. The summed E-state index contributed by atoms with van der Waals surface area (Å²) in [6.07, 6.45) is 7.73. The predicted molar refractivity (Wildman–Crippen MR) is 80.1 cm³/mol. The number of hydrogen-bond acceptors (Lipinski definition) is 3. The largest absolute Gasteiger partial charge is 0.497 e. The van der Waals surface area contributed by atoms with Gasteiger partial charge in [-0.1, -0.05) is 18.9 Å². The first-order valence-corrected chi connectivity index (χ1v) is 7.83. The molecule has 0 aromatic heterocycles. The normalized spacial score (nSPS) is 24.4.